The van der Waals surface area contributed by atoms with E-state index in [0.717, 1.165) is 5.56 Å². The summed E-state index contributed by atoms with van der Waals surface area (Å²) in [5.41, 5.74) is 0.890. The number of aromatic nitrogens is 1. The zero-order valence-electron chi connectivity index (χ0n) is 18.4. The van der Waals surface area contributed by atoms with E-state index in [2.05, 4.69) is 24.1 Å². The van der Waals surface area contributed by atoms with Gasteiger partial charge in [0.2, 0.25) is 11.8 Å². The van der Waals surface area contributed by atoms with Gasteiger partial charge in [-0.05, 0) is 36.1 Å². The second kappa shape index (κ2) is 10.8. The number of amides is 2. The highest BCUT2D eigenvalue weighted by atomic mass is 16.5. The van der Waals surface area contributed by atoms with Gasteiger partial charge in [0, 0.05) is 25.4 Å². The maximum atomic E-state index is 13.1. The Morgan fingerprint density at radius 1 is 1.23 bits per heavy atom. The summed E-state index contributed by atoms with van der Waals surface area (Å²) in [6.07, 6.45) is 4.35. The molecule has 3 rings (SSSR count). The van der Waals surface area contributed by atoms with Gasteiger partial charge in [0.15, 0.2) is 11.5 Å². The predicted molar refractivity (Wildman–Crippen MR) is 118 cm³/mol. The Labute approximate surface area is 183 Å². The summed E-state index contributed by atoms with van der Waals surface area (Å²) in [5, 5.41) is 2.99. The number of carbonyl (C=O) groups is 2. The van der Waals surface area contributed by atoms with Crippen LogP contribution in [0.2, 0.25) is 0 Å². The maximum absolute atomic E-state index is 13.1. The van der Waals surface area contributed by atoms with Gasteiger partial charge in [0.1, 0.15) is 6.61 Å². The number of hydrogen-bond acceptors (Lipinski definition) is 5. The Kier molecular flexibility index (Phi) is 7.87. The number of pyridine rings is 1. The number of likely N-dealkylation sites (tertiary alicyclic amines) is 1. The predicted octanol–water partition coefficient (Wildman–Crippen LogP) is 3.22. The summed E-state index contributed by atoms with van der Waals surface area (Å²) in [5.74, 6) is 1.29. The molecule has 2 aromatic rings. The molecule has 2 heterocycles. The topological polar surface area (TPSA) is 80.8 Å². The summed E-state index contributed by atoms with van der Waals surface area (Å²) in [7, 11) is 1.59. The van der Waals surface area contributed by atoms with Crippen molar-refractivity contribution in [2.75, 3.05) is 26.8 Å². The lowest BCUT2D eigenvalue weighted by molar-refractivity contribution is -0.144. The van der Waals surface area contributed by atoms with Gasteiger partial charge in [0.25, 0.3) is 0 Å². The molecule has 1 aromatic carbocycles. The molecule has 0 saturated carbocycles. The highest BCUT2D eigenvalue weighted by Gasteiger charge is 2.40. The SMILES string of the molecule is COc1ccccc1OCCNC(=O)C1CCC(=O)N(CC(C)C)C1c1cccnc1. The van der Waals surface area contributed by atoms with Crippen molar-refractivity contribution in [2.45, 2.75) is 32.7 Å². The highest BCUT2D eigenvalue weighted by Crippen LogP contribution is 2.37. The molecule has 7 heteroatoms. The van der Waals surface area contributed by atoms with Crippen LogP contribution in [0.5, 0.6) is 11.5 Å². The minimum absolute atomic E-state index is 0.0706. The van der Waals surface area contributed by atoms with Gasteiger partial charge in [-0.15, -0.1) is 0 Å². The van der Waals surface area contributed by atoms with Gasteiger partial charge in [0.05, 0.1) is 25.6 Å². The third kappa shape index (κ3) is 5.75. The lowest BCUT2D eigenvalue weighted by Gasteiger charge is -2.41. The van der Waals surface area contributed by atoms with Gasteiger partial charge in [-0.25, -0.2) is 0 Å². The molecule has 1 aliphatic rings. The zero-order valence-corrected chi connectivity index (χ0v) is 18.4. The van der Waals surface area contributed by atoms with Crippen LogP contribution in [-0.2, 0) is 9.59 Å². The minimum atomic E-state index is -0.327. The molecule has 0 aliphatic carbocycles. The van der Waals surface area contributed by atoms with Gasteiger partial charge >= 0.3 is 0 Å². The number of rotatable bonds is 9. The van der Waals surface area contributed by atoms with E-state index in [1.165, 1.54) is 0 Å². The normalized spacial score (nSPS) is 18.7. The first-order valence-electron chi connectivity index (χ1n) is 10.7. The number of nitrogens with one attached hydrogen (secondary N) is 1. The quantitative estimate of drug-likeness (QED) is 0.624. The maximum Gasteiger partial charge on any atom is 0.225 e. The van der Waals surface area contributed by atoms with Crippen molar-refractivity contribution in [3.63, 3.8) is 0 Å². The molecule has 0 radical (unpaired) electrons. The van der Waals surface area contributed by atoms with Gasteiger partial charge in [-0.2, -0.15) is 0 Å². The molecule has 1 N–H and O–H groups in total. The van der Waals surface area contributed by atoms with Crippen molar-refractivity contribution in [1.29, 1.82) is 0 Å². The fraction of sp³-hybridized carbons (Fsp3) is 0.458. The second-order valence-corrected chi connectivity index (χ2v) is 8.11. The molecule has 1 fully saturated rings. The zero-order chi connectivity index (χ0) is 22.2. The number of methoxy groups -OCH3 is 1. The Morgan fingerprint density at radius 2 is 2.00 bits per heavy atom. The Balaban J connectivity index is 1.67. The second-order valence-electron chi connectivity index (χ2n) is 8.11. The van der Waals surface area contributed by atoms with Crippen LogP contribution in [0.4, 0.5) is 0 Å². The van der Waals surface area contributed by atoms with E-state index in [9.17, 15) is 9.59 Å². The van der Waals surface area contributed by atoms with Crippen LogP contribution < -0.4 is 14.8 Å². The number of para-hydroxylation sites is 2. The summed E-state index contributed by atoms with van der Waals surface area (Å²) in [6, 6.07) is 10.9. The van der Waals surface area contributed by atoms with Crippen molar-refractivity contribution < 1.29 is 19.1 Å². The fourth-order valence-corrected chi connectivity index (χ4v) is 4.00. The van der Waals surface area contributed by atoms with Crippen LogP contribution in [0.25, 0.3) is 0 Å². The standard InChI is InChI=1S/C24H31N3O4/c1-17(2)16-27-22(28)11-10-19(23(27)18-7-6-12-25-15-18)24(29)26-13-14-31-21-9-5-4-8-20(21)30-3/h4-9,12,15,17,19,23H,10-11,13-14,16H2,1-3H3,(H,26,29). The minimum Gasteiger partial charge on any atom is -0.493 e. The molecule has 1 aromatic heterocycles. The fourth-order valence-electron chi connectivity index (χ4n) is 4.00. The van der Waals surface area contributed by atoms with Crippen LogP contribution in [0, 0.1) is 11.8 Å². The smallest absolute Gasteiger partial charge is 0.225 e. The molecule has 0 spiro atoms. The highest BCUT2D eigenvalue weighted by molar-refractivity contribution is 5.85. The Morgan fingerprint density at radius 3 is 2.68 bits per heavy atom. The number of carbonyl (C=O) groups excluding carboxylic acids is 2. The van der Waals surface area contributed by atoms with Crippen LogP contribution in [0.1, 0.15) is 38.3 Å². The van der Waals surface area contributed by atoms with E-state index in [4.69, 9.17) is 9.47 Å². The number of hydrogen-bond donors (Lipinski definition) is 1. The number of ether oxygens (including phenoxy) is 2. The average Bonchev–Trinajstić information content (AvgIpc) is 2.78. The first-order chi connectivity index (χ1) is 15.0. The Hall–Kier alpha value is -3.09. The number of piperidine rings is 1. The third-order valence-corrected chi connectivity index (χ3v) is 5.36. The lowest BCUT2D eigenvalue weighted by Crippen LogP contribution is -2.49. The molecule has 166 valence electrons. The number of benzene rings is 1. The first-order valence-corrected chi connectivity index (χ1v) is 10.7. The van der Waals surface area contributed by atoms with Crippen molar-refractivity contribution >= 4 is 11.8 Å². The van der Waals surface area contributed by atoms with Crippen molar-refractivity contribution in [1.82, 2.24) is 15.2 Å². The Bertz CT molecular complexity index is 872. The van der Waals surface area contributed by atoms with Crippen molar-refractivity contribution in [3.05, 3.63) is 54.4 Å². The van der Waals surface area contributed by atoms with E-state index in [0.29, 0.717) is 50.0 Å². The molecule has 0 bridgehead atoms. The largest absolute Gasteiger partial charge is 0.493 e. The molecule has 1 aliphatic heterocycles. The van der Waals surface area contributed by atoms with Crippen LogP contribution >= 0.6 is 0 Å². The lowest BCUT2D eigenvalue weighted by atomic mass is 9.83. The van der Waals surface area contributed by atoms with Gasteiger partial charge < -0.3 is 19.7 Å². The van der Waals surface area contributed by atoms with E-state index < -0.39 is 0 Å². The average molecular weight is 426 g/mol. The molecular weight excluding hydrogens is 394 g/mol. The van der Waals surface area contributed by atoms with Crippen molar-refractivity contribution in [2.24, 2.45) is 11.8 Å². The molecule has 2 atom stereocenters. The van der Waals surface area contributed by atoms with E-state index in [1.807, 2.05) is 41.3 Å². The molecule has 2 unspecified atom stereocenters. The summed E-state index contributed by atoms with van der Waals surface area (Å²) >= 11 is 0. The van der Waals surface area contributed by atoms with Crippen LogP contribution in [0.3, 0.4) is 0 Å². The van der Waals surface area contributed by atoms with E-state index >= 15 is 0 Å². The number of nitrogens with zero attached hydrogens (tertiary/aromatic N) is 2. The van der Waals surface area contributed by atoms with Gasteiger partial charge in [-0.3, -0.25) is 14.6 Å². The van der Waals surface area contributed by atoms with Gasteiger partial charge in [-0.1, -0.05) is 32.0 Å². The summed E-state index contributed by atoms with van der Waals surface area (Å²) in [6.45, 7) is 5.45. The summed E-state index contributed by atoms with van der Waals surface area (Å²) < 4.78 is 11.0. The summed E-state index contributed by atoms with van der Waals surface area (Å²) in [4.78, 5) is 31.9. The molecule has 1 saturated heterocycles. The molecular formula is C24H31N3O4. The monoisotopic (exact) mass is 425 g/mol. The first kappa shape index (κ1) is 22.6. The van der Waals surface area contributed by atoms with Crippen molar-refractivity contribution in [3.8, 4) is 11.5 Å². The molecule has 31 heavy (non-hydrogen) atoms. The van der Waals surface area contributed by atoms with Crippen LogP contribution in [-0.4, -0.2) is 48.5 Å². The van der Waals surface area contributed by atoms with E-state index in [1.54, 1.807) is 19.5 Å². The third-order valence-electron chi connectivity index (χ3n) is 5.36. The van der Waals surface area contributed by atoms with Crippen LogP contribution in [0.15, 0.2) is 48.8 Å². The molecule has 7 nitrogen and oxygen atoms in total. The van der Waals surface area contributed by atoms with E-state index in [-0.39, 0.29) is 23.8 Å². The molecule has 2 amide bonds.